The second-order valence-electron chi connectivity index (χ2n) is 5.38. The van der Waals surface area contributed by atoms with Crippen LogP contribution in [0, 0.1) is 6.92 Å². The summed E-state index contributed by atoms with van der Waals surface area (Å²) in [5.74, 6) is 0.438. The van der Waals surface area contributed by atoms with Gasteiger partial charge in [-0.2, -0.15) is 18.4 Å². The lowest BCUT2D eigenvalue weighted by atomic mass is 10.2. The van der Waals surface area contributed by atoms with Gasteiger partial charge >= 0.3 is 0 Å². The lowest BCUT2D eigenvalue weighted by Crippen LogP contribution is -2.18. The van der Waals surface area contributed by atoms with Crippen LogP contribution in [0.3, 0.4) is 0 Å². The Balaban J connectivity index is 1.63. The smallest absolute Gasteiger partial charge is 0.276 e. The van der Waals surface area contributed by atoms with Gasteiger partial charge in [0.25, 0.3) is 10.0 Å². The minimum absolute atomic E-state index is 0.152. The van der Waals surface area contributed by atoms with Crippen LogP contribution in [0.5, 0.6) is 0 Å². The van der Waals surface area contributed by atoms with E-state index in [2.05, 4.69) is 9.93 Å². The highest BCUT2D eigenvalue weighted by Crippen LogP contribution is 2.29. The van der Waals surface area contributed by atoms with E-state index < -0.39 is 10.0 Å². The summed E-state index contributed by atoms with van der Waals surface area (Å²) in [5, 5.41) is 5.09. The number of benzene rings is 2. The lowest BCUT2D eigenvalue weighted by molar-refractivity contribution is 0.469. The Hall–Kier alpha value is -2.22. The molecular formula is C18H15ClN2O3S2. The van der Waals surface area contributed by atoms with Crippen molar-refractivity contribution < 1.29 is 12.8 Å². The predicted octanol–water partition coefficient (Wildman–Crippen LogP) is 4.71. The van der Waals surface area contributed by atoms with Crippen molar-refractivity contribution in [1.82, 2.24) is 4.83 Å². The van der Waals surface area contributed by atoms with Crippen LogP contribution in [0.15, 0.2) is 85.1 Å². The first-order chi connectivity index (χ1) is 12.4. The zero-order valence-corrected chi connectivity index (χ0v) is 16.1. The second-order valence-corrected chi connectivity index (χ2v) is 8.55. The van der Waals surface area contributed by atoms with Gasteiger partial charge in [0, 0.05) is 9.92 Å². The molecule has 2 aromatic carbocycles. The van der Waals surface area contributed by atoms with E-state index in [9.17, 15) is 8.42 Å². The first-order valence-corrected chi connectivity index (χ1v) is 10.2. The van der Waals surface area contributed by atoms with Gasteiger partial charge < -0.3 is 4.42 Å². The average Bonchev–Trinajstić information content (AvgIpc) is 3.04. The Morgan fingerprint density at radius 3 is 2.42 bits per heavy atom. The molecule has 0 spiro atoms. The quantitative estimate of drug-likeness (QED) is 0.475. The Morgan fingerprint density at radius 1 is 1.04 bits per heavy atom. The van der Waals surface area contributed by atoms with E-state index in [-0.39, 0.29) is 4.90 Å². The highest BCUT2D eigenvalue weighted by atomic mass is 35.5. The Bertz CT molecular complexity index is 1010. The number of hydrogen-bond acceptors (Lipinski definition) is 5. The maximum Gasteiger partial charge on any atom is 0.276 e. The number of halogens is 1. The van der Waals surface area contributed by atoms with Crippen molar-refractivity contribution in [2.45, 2.75) is 21.8 Å². The predicted molar refractivity (Wildman–Crippen MR) is 103 cm³/mol. The normalized spacial score (nSPS) is 11.8. The van der Waals surface area contributed by atoms with Gasteiger partial charge in [0.15, 0.2) is 5.09 Å². The zero-order chi connectivity index (χ0) is 18.6. The summed E-state index contributed by atoms with van der Waals surface area (Å²) in [7, 11) is -3.70. The zero-order valence-electron chi connectivity index (χ0n) is 13.7. The second kappa shape index (κ2) is 7.99. The summed E-state index contributed by atoms with van der Waals surface area (Å²) in [5.41, 5.74) is 0.980. The molecule has 0 radical (unpaired) electrons. The van der Waals surface area contributed by atoms with Crippen LogP contribution in [0.1, 0.15) is 11.3 Å². The average molecular weight is 407 g/mol. The van der Waals surface area contributed by atoms with Crippen LogP contribution < -0.4 is 4.83 Å². The molecule has 0 unspecified atom stereocenters. The lowest BCUT2D eigenvalue weighted by Gasteiger charge is -2.03. The molecule has 0 saturated heterocycles. The molecule has 0 aliphatic carbocycles. The summed E-state index contributed by atoms with van der Waals surface area (Å²) in [6, 6.07) is 17.4. The van der Waals surface area contributed by atoms with Crippen molar-refractivity contribution in [2.24, 2.45) is 5.10 Å². The van der Waals surface area contributed by atoms with Crippen molar-refractivity contribution in [3.8, 4) is 0 Å². The summed E-state index contributed by atoms with van der Waals surface area (Å²) >= 11 is 7.29. The molecule has 1 N–H and O–H groups in total. The molecule has 8 heteroatoms. The van der Waals surface area contributed by atoms with Crippen molar-refractivity contribution in [2.75, 3.05) is 0 Å². The van der Waals surface area contributed by atoms with E-state index in [4.69, 9.17) is 16.0 Å². The summed E-state index contributed by atoms with van der Waals surface area (Å²) < 4.78 is 29.9. The van der Waals surface area contributed by atoms with Crippen LogP contribution in [0.2, 0.25) is 5.02 Å². The van der Waals surface area contributed by atoms with Gasteiger partial charge in [0.05, 0.1) is 11.1 Å². The molecule has 0 atom stereocenters. The van der Waals surface area contributed by atoms with Gasteiger partial charge in [-0.05, 0) is 55.5 Å². The number of nitrogens with one attached hydrogen (secondary N) is 1. The molecule has 0 fully saturated rings. The number of nitrogens with zero attached hydrogens (tertiary/aromatic N) is 1. The first-order valence-electron chi connectivity index (χ1n) is 7.57. The molecule has 3 aromatic rings. The molecule has 5 nitrogen and oxygen atoms in total. The largest absolute Gasteiger partial charge is 0.448 e. The van der Waals surface area contributed by atoms with Crippen LogP contribution in [0.25, 0.3) is 0 Å². The van der Waals surface area contributed by atoms with Gasteiger partial charge in [-0.15, -0.1) is 0 Å². The van der Waals surface area contributed by atoms with E-state index in [1.165, 1.54) is 30.1 Å². The number of hydrazone groups is 1. The molecule has 1 aromatic heterocycles. The van der Waals surface area contributed by atoms with Crippen molar-refractivity contribution in [1.29, 1.82) is 0 Å². The van der Waals surface area contributed by atoms with E-state index in [0.29, 0.717) is 15.9 Å². The van der Waals surface area contributed by atoms with Crippen molar-refractivity contribution >= 4 is 39.6 Å². The van der Waals surface area contributed by atoms with E-state index in [1.54, 1.807) is 36.4 Å². The van der Waals surface area contributed by atoms with Gasteiger partial charge in [-0.25, -0.2) is 0 Å². The molecule has 134 valence electrons. The number of rotatable bonds is 6. The molecule has 0 bridgehead atoms. The minimum Gasteiger partial charge on any atom is -0.448 e. The maximum atomic E-state index is 12.1. The molecule has 0 aliphatic rings. The van der Waals surface area contributed by atoms with Crippen molar-refractivity contribution in [3.63, 3.8) is 0 Å². The Labute approximate surface area is 161 Å². The fraction of sp³-hybridized carbons (Fsp3) is 0.0556. The van der Waals surface area contributed by atoms with E-state index in [0.717, 1.165) is 10.5 Å². The fourth-order valence-electron chi connectivity index (χ4n) is 2.01. The molecule has 1 heterocycles. The standard InChI is InChI=1S/C18H15ClN2O3S2/c1-13-2-9-17(10-3-13)26(22,23)21-20-12-15-6-11-18(24-15)25-16-7-4-14(19)5-8-16/h2-12,21H,1H3/b20-12-. The Kier molecular flexibility index (Phi) is 5.70. The fourth-order valence-corrected chi connectivity index (χ4v) is 3.70. The molecule has 3 rings (SSSR count). The van der Waals surface area contributed by atoms with Crippen molar-refractivity contribution in [3.05, 3.63) is 77.0 Å². The highest BCUT2D eigenvalue weighted by Gasteiger charge is 2.12. The molecule has 0 saturated carbocycles. The number of aryl methyl sites for hydroxylation is 1. The SMILES string of the molecule is Cc1ccc(S(=O)(=O)N/N=C\c2ccc(Sc3ccc(Cl)cc3)o2)cc1. The van der Waals surface area contributed by atoms with Gasteiger partial charge in [0.1, 0.15) is 5.76 Å². The number of hydrogen-bond donors (Lipinski definition) is 1. The van der Waals surface area contributed by atoms with Crippen LogP contribution in [-0.2, 0) is 10.0 Å². The minimum atomic E-state index is -3.70. The van der Waals surface area contributed by atoms with Crippen LogP contribution in [0.4, 0.5) is 0 Å². The number of furan rings is 1. The van der Waals surface area contributed by atoms with Crippen LogP contribution in [-0.4, -0.2) is 14.6 Å². The molecular weight excluding hydrogens is 392 g/mol. The third-order valence-electron chi connectivity index (χ3n) is 3.33. The molecule has 26 heavy (non-hydrogen) atoms. The topological polar surface area (TPSA) is 71.7 Å². The summed E-state index contributed by atoms with van der Waals surface area (Å²) in [4.78, 5) is 3.30. The maximum absolute atomic E-state index is 12.1. The van der Waals surface area contributed by atoms with Gasteiger partial charge in [0.2, 0.25) is 0 Å². The highest BCUT2D eigenvalue weighted by molar-refractivity contribution is 7.99. The summed E-state index contributed by atoms with van der Waals surface area (Å²) in [6.07, 6.45) is 1.32. The van der Waals surface area contributed by atoms with Crippen LogP contribution >= 0.6 is 23.4 Å². The van der Waals surface area contributed by atoms with Gasteiger partial charge in [-0.3, -0.25) is 0 Å². The summed E-state index contributed by atoms with van der Waals surface area (Å²) in [6.45, 7) is 1.89. The first kappa shape index (κ1) is 18.6. The molecule has 0 aliphatic heterocycles. The Morgan fingerprint density at radius 2 is 1.73 bits per heavy atom. The monoisotopic (exact) mass is 406 g/mol. The van der Waals surface area contributed by atoms with E-state index >= 15 is 0 Å². The number of sulfonamides is 1. The molecule has 0 amide bonds. The van der Waals surface area contributed by atoms with Gasteiger partial charge in [-0.1, -0.05) is 41.1 Å². The van der Waals surface area contributed by atoms with E-state index in [1.807, 2.05) is 19.1 Å². The third-order valence-corrected chi connectivity index (χ3v) is 5.75. The third kappa shape index (κ3) is 4.91.